The van der Waals surface area contributed by atoms with Gasteiger partial charge in [0.2, 0.25) is 0 Å². The van der Waals surface area contributed by atoms with Crippen molar-refractivity contribution in [3.05, 3.63) is 0 Å². The smallest absolute Gasteiger partial charge is 0.307 e. The molecule has 2 aliphatic rings. The monoisotopic (exact) mass is 154 g/mol. The molecular weight excluding hydrogens is 140 g/mol. The van der Waals surface area contributed by atoms with Crippen molar-refractivity contribution in [2.24, 2.45) is 17.3 Å². The predicted molar refractivity (Wildman–Crippen MR) is 41.2 cm³/mol. The Morgan fingerprint density at radius 2 is 2.36 bits per heavy atom. The Hall–Kier alpha value is -0.530. The first-order valence-electron chi connectivity index (χ1n) is 4.35. The van der Waals surface area contributed by atoms with Gasteiger partial charge in [0.15, 0.2) is 0 Å². The molecule has 0 amide bonds. The largest absolute Gasteiger partial charge is 0.481 e. The van der Waals surface area contributed by atoms with Crippen LogP contribution < -0.4 is 0 Å². The highest BCUT2D eigenvalue weighted by molar-refractivity contribution is 5.71. The molecule has 0 unspecified atom stereocenters. The van der Waals surface area contributed by atoms with Crippen LogP contribution in [0.1, 0.15) is 32.6 Å². The van der Waals surface area contributed by atoms with Crippen LogP contribution in [0.5, 0.6) is 0 Å². The number of carbonyl (C=O) groups is 1. The maximum atomic E-state index is 10.8. The number of hydrogen-bond acceptors (Lipinski definition) is 1. The molecule has 2 nitrogen and oxygen atoms in total. The highest BCUT2D eigenvalue weighted by atomic mass is 16.4. The number of carboxylic acids is 1. The van der Waals surface area contributed by atoms with Crippen molar-refractivity contribution in [3.63, 3.8) is 0 Å². The van der Waals surface area contributed by atoms with Crippen LogP contribution in [0, 0.1) is 17.3 Å². The maximum Gasteiger partial charge on any atom is 0.307 e. The van der Waals surface area contributed by atoms with Gasteiger partial charge in [0.25, 0.3) is 0 Å². The summed E-state index contributed by atoms with van der Waals surface area (Å²) in [6.45, 7) is 2.14. The molecule has 2 heteroatoms. The second kappa shape index (κ2) is 1.99. The van der Waals surface area contributed by atoms with Gasteiger partial charge in [-0.25, -0.2) is 0 Å². The average Bonchev–Trinajstić information content (AvgIpc) is 2.41. The van der Waals surface area contributed by atoms with E-state index in [4.69, 9.17) is 5.11 Å². The van der Waals surface area contributed by atoms with Gasteiger partial charge in [-0.05, 0) is 37.0 Å². The van der Waals surface area contributed by atoms with Crippen molar-refractivity contribution in [1.29, 1.82) is 0 Å². The second-order valence-electron chi connectivity index (χ2n) is 4.39. The lowest BCUT2D eigenvalue weighted by atomic mass is 9.77. The van der Waals surface area contributed by atoms with E-state index in [0.29, 0.717) is 0 Å². The van der Waals surface area contributed by atoms with E-state index in [-0.39, 0.29) is 11.3 Å². The summed E-state index contributed by atoms with van der Waals surface area (Å²) in [5.74, 6) is 0.108. The molecule has 0 spiro atoms. The fourth-order valence-electron chi connectivity index (χ4n) is 2.93. The lowest BCUT2D eigenvalue weighted by Crippen LogP contribution is -2.28. The molecule has 3 atom stereocenters. The summed E-state index contributed by atoms with van der Waals surface area (Å²) in [7, 11) is 0. The van der Waals surface area contributed by atoms with Crippen LogP contribution in [0.4, 0.5) is 0 Å². The molecule has 0 aromatic rings. The normalized spacial score (nSPS) is 48.1. The van der Waals surface area contributed by atoms with Gasteiger partial charge >= 0.3 is 5.97 Å². The summed E-state index contributed by atoms with van der Waals surface area (Å²) < 4.78 is 0. The van der Waals surface area contributed by atoms with Gasteiger partial charge in [0.1, 0.15) is 0 Å². The van der Waals surface area contributed by atoms with Crippen LogP contribution >= 0.6 is 0 Å². The summed E-state index contributed by atoms with van der Waals surface area (Å²) in [6, 6.07) is 0. The molecule has 2 bridgehead atoms. The zero-order valence-electron chi connectivity index (χ0n) is 6.84. The molecular formula is C9H14O2. The minimum Gasteiger partial charge on any atom is -0.481 e. The Balaban J connectivity index is 2.21. The van der Waals surface area contributed by atoms with Crippen molar-refractivity contribution in [2.75, 3.05) is 0 Å². The van der Waals surface area contributed by atoms with Crippen LogP contribution in [-0.2, 0) is 4.79 Å². The third kappa shape index (κ3) is 0.883. The Kier molecular flexibility index (Phi) is 1.29. The molecule has 0 heterocycles. The highest BCUT2D eigenvalue weighted by Gasteiger charge is 2.51. The van der Waals surface area contributed by atoms with Crippen molar-refractivity contribution >= 4 is 5.97 Å². The van der Waals surface area contributed by atoms with E-state index in [1.54, 1.807) is 0 Å². The number of hydrogen-bond donors (Lipinski definition) is 1. The summed E-state index contributed by atoms with van der Waals surface area (Å²) in [6.07, 6.45) is 4.49. The van der Waals surface area contributed by atoms with E-state index in [2.05, 4.69) is 6.92 Å². The van der Waals surface area contributed by atoms with Crippen LogP contribution in [0.2, 0.25) is 0 Å². The van der Waals surface area contributed by atoms with Gasteiger partial charge in [-0.15, -0.1) is 0 Å². The van der Waals surface area contributed by atoms with E-state index in [1.165, 1.54) is 6.42 Å². The standard InChI is InChI=1S/C9H14O2/c1-9-3-2-6(5-9)4-7(9)8(10)11/h6-7H,2-5H2,1H3,(H,10,11)/t6-,7-,9+/m1/s1. The van der Waals surface area contributed by atoms with Gasteiger partial charge in [0, 0.05) is 0 Å². The van der Waals surface area contributed by atoms with Gasteiger partial charge in [-0.2, -0.15) is 0 Å². The summed E-state index contributed by atoms with van der Waals surface area (Å²) >= 11 is 0. The van der Waals surface area contributed by atoms with E-state index in [0.717, 1.165) is 25.2 Å². The fraction of sp³-hybridized carbons (Fsp3) is 0.889. The lowest BCUT2D eigenvalue weighted by molar-refractivity contribution is -0.145. The fourth-order valence-corrected chi connectivity index (χ4v) is 2.93. The topological polar surface area (TPSA) is 37.3 Å². The van der Waals surface area contributed by atoms with Crippen LogP contribution in [0.3, 0.4) is 0 Å². The summed E-state index contributed by atoms with van der Waals surface area (Å²) in [4.78, 5) is 10.8. The molecule has 2 fully saturated rings. The molecule has 11 heavy (non-hydrogen) atoms. The molecule has 2 saturated carbocycles. The van der Waals surface area contributed by atoms with Crippen molar-refractivity contribution in [3.8, 4) is 0 Å². The molecule has 0 aromatic heterocycles. The minimum absolute atomic E-state index is 0.0405. The summed E-state index contributed by atoms with van der Waals surface area (Å²) in [5, 5.41) is 8.90. The molecule has 62 valence electrons. The minimum atomic E-state index is -0.574. The van der Waals surface area contributed by atoms with Crippen molar-refractivity contribution in [2.45, 2.75) is 32.6 Å². The molecule has 1 N–H and O–H groups in total. The first-order valence-corrected chi connectivity index (χ1v) is 4.35. The number of aliphatic carboxylic acids is 1. The average molecular weight is 154 g/mol. The number of rotatable bonds is 1. The SMILES string of the molecule is C[C@@]12CC[C@H](C[C@@H]1C(=O)O)C2. The molecule has 0 aliphatic heterocycles. The van der Waals surface area contributed by atoms with Crippen LogP contribution in [0.15, 0.2) is 0 Å². The summed E-state index contributed by atoms with van der Waals surface area (Å²) in [5.41, 5.74) is 0.149. The van der Waals surface area contributed by atoms with E-state index in [1.807, 2.05) is 0 Å². The molecule has 0 aromatic carbocycles. The van der Waals surface area contributed by atoms with E-state index < -0.39 is 5.97 Å². The Morgan fingerprint density at radius 3 is 2.64 bits per heavy atom. The highest BCUT2D eigenvalue weighted by Crippen LogP contribution is 2.57. The Morgan fingerprint density at radius 1 is 1.64 bits per heavy atom. The van der Waals surface area contributed by atoms with Crippen molar-refractivity contribution in [1.82, 2.24) is 0 Å². The van der Waals surface area contributed by atoms with Gasteiger partial charge in [-0.3, -0.25) is 4.79 Å². The van der Waals surface area contributed by atoms with Gasteiger partial charge in [0.05, 0.1) is 5.92 Å². The zero-order valence-corrected chi connectivity index (χ0v) is 6.84. The third-order valence-electron chi connectivity index (χ3n) is 3.59. The quantitative estimate of drug-likeness (QED) is 0.626. The first-order chi connectivity index (χ1) is 5.12. The first kappa shape index (κ1) is 7.14. The Bertz CT molecular complexity index is 200. The maximum absolute atomic E-state index is 10.8. The lowest BCUT2D eigenvalue weighted by Gasteiger charge is -2.27. The number of fused-ring (bicyclic) bond motifs is 2. The third-order valence-corrected chi connectivity index (χ3v) is 3.59. The van der Waals surface area contributed by atoms with E-state index in [9.17, 15) is 4.79 Å². The second-order valence-corrected chi connectivity index (χ2v) is 4.39. The Labute approximate surface area is 66.6 Å². The molecule has 2 rings (SSSR count). The van der Waals surface area contributed by atoms with Gasteiger partial charge < -0.3 is 5.11 Å². The molecule has 0 radical (unpaired) electrons. The zero-order chi connectivity index (χ0) is 8.06. The van der Waals surface area contributed by atoms with Gasteiger partial charge in [-0.1, -0.05) is 6.92 Å². The van der Waals surface area contributed by atoms with Crippen LogP contribution in [-0.4, -0.2) is 11.1 Å². The molecule has 0 saturated heterocycles. The van der Waals surface area contributed by atoms with Crippen LogP contribution in [0.25, 0.3) is 0 Å². The predicted octanol–water partition coefficient (Wildman–Crippen LogP) is 1.90. The van der Waals surface area contributed by atoms with E-state index >= 15 is 0 Å². The van der Waals surface area contributed by atoms with Crippen molar-refractivity contribution < 1.29 is 9.90 Å². The molecule has 2 aliphatic carbocycles. The number of carboxylic acid groups (broad SMARTS) is 1.